The minimum absolute atomic E-state index is 0. The highest BCUT2D eigenvalue weighted by Gasteiger charge is 2.14. The predicted octanol–water partition coefficient (Wildman–Crippen LogP) is -3.18. The van der Waals surface area contributed by atoms with E-state index in [9.17, 15) is 9.59 Å². The lowest BCUT2D eigenvalue weighted by Gasteiger charge is -1.99. The standard InChI is InChI=1S/C4H7NO4.ClH.3H2O/c5-2(4(8)9)1-3(6)7;;;;/h2H,1,5H2,(H,6,7)(H,8,9);1H;3*1H2. The average molecular weight is 224 g/mol. The molecule has 84 valence electrons. The van der Waals surface area contributed by atoms with Gasteiger partial charge >= 0.3 is 11.9 Å². The molecule has 0 radical (unpaired) electrons. The van der Waals surface area contributed by atoms with Crippen molar-refractivity contribution in [1.82, 2.24) is 0 Å². The number of aliphatic carboxylic acids is 2. The zero-order valence-electron chi connectivity index (χ0n) is 6.48. The van der Waals surface area contributed by atoms with E-state index in [0.29, 0.717) is 0 Å². The zero-order valence-corrected chi connectivity index (χ0v) is 7.30. The zero-order chi connectivity index (χ0) is 7.44. The van der Waals surface area contributed by atoms with E-state index in [1.807, 2.05) is 0 Å². The molecule has 0 aliphatic heterocycles. The Labute approximate surface area is 79.7 Å². The molecule has 0 aromatic carbocycles. The van der Waals surface area contributed by atoms with Crippen LogP contribution in [0.25, 0.3) is 0 Å². The third-order valence-corrected chi connectivity index (χ3v) is 0.712. The second kappa shape index (κ2) is 13.6. The first kappa shape index (κ1) is 29.6. The summed E-state index contributed by atoms with van der Waals surface area (Å²) in [6, 6.07) is -1.29. The van der Waals surface area contributed by atoms with Crippen molar-refractivity contribution in [1.29, 1.82) is 0 Å². The van der Waals surface area contributed by atoms with Gasteiger partial charge in [-0.2, -0.15) is 0 Å². The third kappa shape index (κ3) is 18.2. The first-order chi connectivity index (χ1) is 4.04. The van der Waals surface area contributed by atoms with E-state index < -0.39 is 24.4 Å². The van der Waals surface area contributed by atoms with Crippen LogP contribution in [0.5, 0.6) is 0 Å². The molecule has 0 aromatic rings. The van der Waals surface area contributed by atoms with Crippen LogP contribution < -0.4 is 5.73 Å². The fourth-order valence-corrected chi connectivity index (χ4v) is 0.275. The van der Waals surface area contributed by atoms with E-state index in [1.165, 1.54) is 0 Å². The van der Waals surface area contributed by atoms with Crippen LogP contribution in [0.4, 0.5) is 0 Å². The molecule has 0 aliphatic carbocycles. The lowest BCUT2D eigenvalue weighted by molar-refractivity contribution is -0.144. The third-order valence-electron chi connectivity index (χ3n) is 0.712. The van der Waals surface area contributed by atoms with Gasteiger partial charge in [-0.15, -0.1) is 12.4 Å². The molecule has 0 heterocycles. The van der Waals surface area contributed by atoms with Gasteiger partial charge in [-0.25, -0.2) is 0 Å². The van der Waals surface area contributed by atoms with Gasteiger partial charge in [-0.1, -0.05) is 0 Å². The average Bonchev–Trinajstić information content (AvgIpc) is 1.63. The molecule has 8 nitrogen and oxygen atoms in total. The Balaban J connectivity index is -0.0000000533. The second-order valence-electron chi connectivity index (χ2n) is 1.54. The lowest BCUT2D eigenvalue weighted by Crippen LogP contribution is -2.32. The Hall–Kier alpha value is -0.930. The van der Waals surface area contributed by atoms with Crippen LogP contribution in [-0.4, -0.2) is 44.6 Å². The molecule has 0 saturated carbocycles. The van der Waals surface area contributed by atoms with Crippen molar-refractivity contribution >= 4 is 24.3 Å². The van der Waals surface area contributed by atoms with Crippen molar-refractivity contribution in [3.63, 3.8) is 0 Å². The van der Waals surface area contributed by atoms with Gasteiger partial charge in [0.2, 0.25) is 0 Å². The summed E-state index contributed by atoms with van der Waals surface area (Å²) in [5.74, 6) is -2.50. The molecule has 0 spiro atoms. The number of rotatable bonds is 3. The van der Waals surface area contributed by atoms with Gasteiger partial charge in [0.1, 0.15) is 6.04 Å². The highest BCUT2D eigenvalue weighted by atomic mass is 35.5. The van der Waals surface area contributed by atoms with E-state index in [4.69, 9.17) is 15.9 Å². The van der Waals surface area contributed by atoms with Crippen LogP contribution in [0.15, 0.2) is 0 Å². The van der Waals surface area contributed by atoms with Crippen molar-refractivity contribution in [2.75, 3.05) is 0 Å². The normalized spacial score (nSPS) is 8.69. The summed E-state index contributed by atoms with van der Waals surface area (Å²) in [5, 5.41) is 16.0. The summed E-state index contributed by atoms with van der Waals surface area (Å²) in [7, 11) is 0. The molecule has 0 bridgehead atoms. The Morgan fingerprint density at radius 2 is 1.46 bits per heavy atom. The van der Waals surface area contributed by atoms with Crippen molar-refractivity contribution in [3.05, 3.63) is 0 Å². The van der Waals surface area contributed by atoms with E-state index in [0.717, 1.165) is 0 Å². The van der Waals surface area contributed by atoms with Crippen LogP contribution in [0.1, 0.15) is 6.42 Å². The smallest absolute Gasteiger partial charge is 0.321 e. The minimum atomic E-state index is -1.29. The molecule has 0 rings (SSSR count). The molecule has 1 atom stereocenters. The fourth-order valence-electron chi connectivity index (χ4n) is 0.275. The van der Waals surface area contributed by atoms with Crippen LogP contribution in [-0.2, 0) is 9.59 Å². The Kier molecular flexibility index (Phi) is 31.1. The van der Waals surface area contributed by atoms with Gasteiger partial charge in [0.25, 0.3) is 0 Å². The van der Waals surface area contributed by atoms with Gasteiger partial charge in [0.05, 0.1) is 6.42 Å². The number of nitrogens with two attached hydrogens (primary N) is 1. The molecule has 0 saturated heterocycles. The molecule has 0 amide bonds. The number of halogens is 1. The molecule has 0 aliphatic rings. The molecular weight excluding hydrogens is 209 g/mol. The van der Waals surface area contributed by atoms with Crippen molar-refractivity contribution in [2.45, 2.75) is 12.5 Å². The Bertz CT molecular complexity index is 140. The van der Waals surface area contributed by atoms with E-state index in [-0.39, 0.29) is 28.8 Å². The molecule has 13 heavy (non-hydrogen) atoms. The molecule has 10 N–H and O–H groups in total. The molecule has 1 unspecified atom stereocenters. The van der Waals surface area contributed by atoms with Crippen LogP contribution in [0.2, 0.25) is 0 Å². The highest BCUT2D eigenvalue weighted by Crippen LogP contribution is 1.86. The van der Waals surface area contributed by atoms with Gasteiger partial charge < -0.3 is 32.4 Å². The SMILES string of the molecule is Cl.NC(CC(=O)O)C(=O)O.O.O.O. The maximum absolute atomic E-state index is 9.85. The monoisotopic (exact) mass is 223 g/mol. The van der Waals surface area contributed by atoms with Crippen LogP contribution in [0, 0.1) is 0 Å². The number of hydrogen-bond donors (Lipinski definition) is 3. The first-order valence-corrected chi connectivity index (χ1v) is 2.24. The van der Waals surface area contributed by atoms with E-state index in [1.54, 1.807) is 0 Å². The van der Waals surface area contributed by atoms with Gasteiger partial charge in [-0.05, 0) is 0 Å². The van der Waals surface area contributed by atoms with Gasteiger partial charge in [0.15, 0.2) is 0 Å². The topological polar surface area (TPSA) is 195 Å². The van der Waals surface area contributed by atoms with E-state index >= 15 is 0 Å². The summed E-state index contributed by atoms with van der Waals surface area (Å²) in [6.45, 7) is 0. The van der Waals surface area contributed by atoms with Crippen molar-refractivity contribution in [2.24, 2.45) is 5.73 Å². The number of hydrogen-bond acceptors (Lipinski definition) is 3. The largest absolute Gasteiger partial charge is 0.481 e. The van der Waals surface area contributed by atoms with E-state index in [2.05, 4.69) is 0 Å². The molecule has 0 aromatic heterocycles. The summed E-state index contributed by atoms with van der Waals surface area (Å²) in [5.41, 5.74) is 4.84. The maximum Gasteiger partial charge on any atom is 0.321 e. The Morgan fingerprint density at radius 3 is 1.54 bits per heavy atom. The van der Waals surface area contributed by atoms with Gasteiger partial charge in [0, 0.05) is 0 Å². The van der Waals surface area contributed by atoms with Crippen LogP contribution >= 0.6 is 12.4 Å². The quantitative estimate of drug-likeness (QED) is 0.452. The first-order valence-electron chi connectivity index (χ1n) is 2.24. The molecule has 0 fully saturated rings. The second-order valence-corrected chi connectivity index (χ2v) is 1.54. The predicted molar refractivity (Wildman–Crippen MR) is 46.0 cm³/mol. The highest BCUT2D eigenvalue weighted by molar-refractivity contribution is 5.85. The maximum atomic E-state index is 9.85. The summed E-state index contributed by atoms with van der Waals surface area (Å²) < 4.78 is 0. The number of carboxylic acids is 2. The summed E-state index contributed by atoms with van der Waals surface area (Å²) >= 11 is 0. The van der Waals surface area contributed by atoms with Crippen molar-refractivity contribution < 1.29 is 36.2 Å². The van der Waals surface area contributed by atoms with Gasteiger partial charge in [-0.3, -0.25) is 9.59 Å². The summed E-state index contributed by atoms with van der Waals surface area (Å²) in [4.78, 5) is 19.6. The fraction of sp³-hybridized carbons (Fsp3) is 0.500. The number of carboxylic acid groups (broad SMARTS) is 2. The summed E-state index contributed by atoms with van der Waals surface area (Å²) in [6.07, 6.45) is -0.532. The minimum Gasteiger partial charge on any atom is -0.481 e. The lowest BCUT2D eigenvalue weighted by atomic mass is 10.2. The Morgan fingerprint density at radius 1 is 1.15 bits per heavy atom. The molecule has 9 heteroatoms. The van der Waals surface area contributed by atoms with Crippen LogP contribution in [0.3, 0.4) is 0 Å². The molecular formula is C4H14ClNO7. The number of carbonyl (C=O) groups is 2. The van der Waals surface area contributed by atoms with Crippen molar-refractivity contribution in [3.8, 4) is 0 Å².